The maximum Gasteiger partial charge on any atom is 0.316 e. The van der Waals surface area contributed by atoms with Gasteiger partial charge in [-0.1, -0.05) is 5.16 Å². The minimum Gasteiger partial charge on any atom is -0.481 e. The van der Waals surface area contributed by atoms with Crippen molar-refractivity contribution in [2.45, 2.75) is 41.4 Å². The number of aliphatic carboxylic acids is 1. The first-order valence-corrected chi connectivity index (χ1v) is 13.0. The number of carbonyl (C=O) groups is 3. The van der Waals surface area contributed by atoms with Crippen LogP contribution in [0.2, 0.25) is 0 Å². The van der Waals surface area contributed by atoms with Crippen LogP contribution in [0.3, 0.4) is 0 Å². The summed E-state index contributed by atoms with van der Waals surface area (Å²) in [4.78, 5) is 45.3. The quantitative estimate of drug-likeness (QED) is 0.223. The molecule has 0 bridgehead atoms. The Hall–Kier alpha value is -2.03. The number of nitrogens with zero attached hydrogens (tertiary/aromatic N) is 4. The summed E-state index contributed by atoms with van der Waals surface area (Å²) in [5, 5.41) is 23.2. The Morgan fingerprint density at radius 1 is 1.50 bits per heavy atom. The van der Waals surface area contributed by atoms with Gasteiger partial charge in [-0.25, -0.2) is 4.98 Å². The fourth-order valence-electron chi connectivity index (χ4n) is 4.53. The number of nitrogens with two attached hydrogens (primary N) is 1. The van der Waals surface area contributed by atoms with E-state index in [1.165, 1.54) is 28.4 Å². The summed E-state index contributed by atoms with van der Waals surface area (Å²) in [5.41, 5.74) is 4.46. The largest absolute Gasteiger partial charge is 0.481 e. The number of rotatable bonds is 6. The van der Waals surface area contributed by atoms with E-state index in [4.69, 9.17) is 15.7 Å². The fraction of sp³-hybridized carbons (Fsp3) is 0.611. The van der Waals surface area contributed by atoms with Gasteiger partial charge in [0.1, 0.15) is 28.9 Å². The average molecular weight is 502 g/mol. The monoisotopic (exact) mass is 501 g/mol. The zero-order valence-electron chi connectivity index (χ0n) is 17.1. The number of aromatic nitrogens is 1. The van der Waals surface area contributed by atoms with E-state index in [1.54, 1.807) is 5.38 Å². The van der Waals surface area contributed by atoms with Gasteiger partial charge >= 0.3 is 5.97 Å². The van der Waals surface area contributed by atoms with E-state index in [-0.39, 0.29) is 17.5 Å². The maximum absolute atomic E-state index is 13.2. The number of amides is 2. The van der Waals surface area contributed by atoms with Crippen LogP contribution in [0.4, 0.5) is 10.9 Å². The van der Waals surface area contributed by atoms with Gasteiger partial charge in [-0.2, -0.15) is 0 Å². The van der Waals surface area contributed by atoms with Crippen LogP contribution in [0.15, 0.2) is 10.5 Å². The standard InChI is InChI=1S/C18H23N5O6S3/c1-30-16-18(15(26)27,9-4-2-3-5-29-9)8-22-13(25)12(14(22)32-16)23(11(24)6-20-28)10-7-31-17(19)21-10/h6-7,9,12,14,16,28H,2-5,8H2,1H3,(H2,19,21)(H,26,27)/t9?,12?,14-,16?,18?/m1/s1. The van der Waals surface area contributed by atoms with Crippen LogP contribution in [0.5, 0.6) is 0 Å². The van der Waals surface area contributed by atoms with Gasteiger partial charge in [0.05, 0.1) is 10.7 Å². The Kier molecular flexibility index (Phi) is 6.56. The zero-order chi connectivity index (χ0) is 23.0. The van der Waals surface area contributed by atoms with Crippen LogP contribution >= 0.6 is 34.9 Å². The van der Waals surface area contributed by atoms with Crippen molar-refractivity contribution in [3.63, 3.8) is 0 Å². The number of anilines is 2. The molecule has 4 N–H and O–H groups in total. The highest BCUT2D eigenvalue weighted by Gasteiger charge is 2.66. The summed E-state index contributed by atoms with van der Waals surface area (Å²) < 4.78 is 5.50. The summed E-state index contributed by atoms with van der Waals surface area (Å²) in [6, 6.07) is -0.916. The SMILES string of the molecule is CSC1S[C@@H]2C(N(C(=O)C=NO)c3csc(N)n3)C(=O)N2CC1(C(=O)O)C1CCCCO1. The van der Waals surface area contributed by atoms with Crippen molar-refractivity contribution < 1.29 is 29.4 Å². The molecule has 5 atom stereocenters. The molecule has 11 nitrogen and oxygen atoms in total. The number of nitrogen functional groups attached to an aromatic ring is 1. The van der Waals surface area contributed by atoms with E-state index in [1.807, 2.05) is 6.26 Å². The molecule has 4 unspecified atom stereocenters. The van der Waals surface area contributed by atoms with Gasteiger partial charge < -0.3 is 25.7 Å². The van der Waals surface area contributed by atoms with E-state index in [0.29, 0.717) is 19.2 Å². The number of carboxylic acid groups (broad SMARTS) is 1. The molecule has 3 saturated heterocycles. The van der Waals surface area contributed by atoms with Crippen LogP contribution in [0, 0.1) is 5.41 Å². The van der Waals surface area contributed by atoms with Crippen molar-refractivity contribution in [1.29, 1.82) is 0 Å². The number of fused-ring (bicyclic) bond motifs is 1. The fourth-order valence-corrected chi connectivity index (χ4v) is 8.14. The maximum atomic E-state index is 13.2. The molecule has 1 aromatic heterocycles. The van der Waals surface area contributed by atoms with Gasteiger partial charge in [0, 0.05) is 18.5 Å². The molecule has 0 aliphatic carbocycles. The molecule has 2 amide bonds. The van der Waals surface area contributed by atoms with Gasteiger partial charge in [0.15, 0.2) is 5.13 Å². The second kappa shape index (κ2) is 9.08. The normalized spacial score (nSPS) is 32.4. The summed E-state index contributed by atoms with van der Waals surface area (Å²) in [5.74, 6) is -1.92. The minimum absolute atomic E-state index is 0.000824. The van der Waals surface area contributed by atoms with Crippen molar-refractivity contribution in [1.82, 2.24) is 9.88 Å². The lowest BCUT2D eigenvalue weighted by atomic mass is 9.78. The molecule has 14 heteroatoms. The van der Waals surface area contributed by atoms with E-state index in [0.717, 1.165) is 29.1 Å². The third-order valence-electron chi connectivity index (χ3n) is 6.04. The molecule has 0 spiro atoms. The lowest BCUT2D eigenvalue weighted by Crippen LogP contribution is -2.77. The van der Waals surface area contributed by atoms with Gasteiger partial charge in [-0.3, -0.25) is 19.3 Å². The first-order valence-electron chi connectivity index (χ1n) is 9.90. The van der Waals surface area contributed by atoms with E-state index in [9.17, 15) is 19.5 Å². The first-order chi connectivity index (χ1) is 15.3. The highest BCUT2D eigenvalue weighted by atomic mass is 32.2. The summed E-state index contributed by atoms with van der Waals surface area (Å²) in [6.07, 6.45) is 4.42. The van der Waals surface area contributed by atoms with Gasteiger partial charge in [0.25, 0.3) is 5.91 Å². The minimum atomic E-state index is -1.26. The summed E-state index contributed by atoms with van der Waals surface area (Å²) >= 11 is 3.86. The Bertz CT molecular complexity index is 938. The first kappa shape index (κ1) is 23.1. The lowest BCUT2D eigenvalue weighted by Gasteiger charge is -2.59. The van der Waals surface area contributed by atoms with Crippen LogP contribution < -0.4 is 10.6 Å². The van der Waals surface area contributed by atoms with Gasteiger partial charge in [-0.15, -0.1) is 34.9 Å². The van der Waals surface area contributed by atoms with Crippen LogP contribution in [0.1, 0.15) is 19.3 Å². The predicted octanol–water partition coefficient (Wildman–Crippen LogP) is 1.13. The number of hydrogen-bond donors (Lipinski definition) is 3. The van der Waals surface area contributed by atoms with Crippen LogP contribution in [-0.2, 0) is 19.1 Å². The molecule has 4 rings (SSSR count). The molecular formula is C18H23N5O6S3. The topological polar surface area (TPSA) is 159 Å². The molecular weight excluding hydrogens is 478 g/mol. The molecule has 32 heavy (non-hydrogen) atoms. The molecule has 4 heterocycles. The van der Waals surface area contributed by atoms with Crippen molar-refractivity contribution in [2.24, 2.45) is 10.6 Å². The van der Waals surface area contributed by atoms with E-state index >= 15 is 0 Å². The lowest BCUT2D eigenvalue weighted by molar-refractivity contribution is -0.171. The Labute approximate surface area is 196 Å². The van der Waals surface area contributed by atoms with Crippen molar-refractivity contribution in [3.05, 3.63) is 5.38 Å². The van der Waals surface area contributed by atoms with E-state index < -0.39 is 45.3 Å². The average Bonchev–Trinajstić information content (AvgIpc) is 3.22. The summed E-state index contributed by atoms with van der Waals surface area (Å²) in [7, 11) is 0. The smallest absolute Gasteiger partial charge is 0.316 e. The molecule has 1 aromatic rings. The number of carbonyl (C=O) groups excluding carboxylic acids is 2. The second-order valence-electron chi connectivity index (χ2n) is 7.70. The molecule has 174 valence electrons. The van der Waals surface area contributed by atoms with Crippen molar-refractivity contribution in [2.75, 3.05) is 30.0 Å². The Morgan fingerprint density at radius 2 is 2.28 bits per heavy atom. The number of thiazole rings is 1. The third kappa shape index (κ3) is 3.62. The number of ether oxygens (including phenoxy) is 1. The van der Waals surface area contributed by atoms with Crippen molar-refractivity contribution >= 4 is 69.8 Å². The zero-order valence-corrected chi connectivity index (χ0v) is 19.6. The highest BCUT2D eigenvalue weighted by Crippen LogP contribution is 2.55. The van der Waals surface area contributed by atoms with Crippen LogP contribution in [-0.4, -0.2) is 85.7 Å². The number of oxime groups is 1. The van der Waals surface area contributed by atoms with Crippen LogP contribution in [0.25, 0.3) is 0 Å². The molecule has 0 saturated carbocycles. The molecule has 0 aromatic carbocycles. The molecule has 3 fully saturated rings. The number of thioether (sulfide) groups is 2. The molecule has 0 radical (unpaired) electrons. The molecule has 3 aliphatic heterocycles. The Morgan fingerprint density at radius 3 is 2.84 bits per heavy atom. The Balaban J connectivity index is 1.67. The van der Waals surface area contributed by atoms with Gasteiger partial charge in [-0.05, 0) is 25.5 Å². The number of β-lactam (4-membered cyclic amide) rings is 1. The molecule has 3 aliphatic rings. The number of hydrogen-bond acceptors (Lipinski definition) is 11. The number of carboxylic acids is 1. The van der Waals surface area contributed by atoms with E-state index in [2.05, 4.69) is 10.1 Å². The second-order valence-corrected chi connectivity index (χ2v) is 11.1. The van der Waals surface area contributed by atoms with Crippen molar-refractivity contribution in [3.8, 4) is 0 Å². The predicted molar refractivity (Wildman–Crippen MR) is 122 cm³/mol. The van der Waals surface area contributed by atoms with Gasteiger partial charge in [0.2, 0.25) is 5.91 Å². The summed E-state index contributed by atoms with van der Waals surface area (Å²) in [6.45, 7) is 0.500. The highest BCUT2D eigenvalue weighted by molar-refractivity contribution is 8.17. The third-order valence-corrected chi connectivity index (χ3v) is 9.92.